The highest BCUT2D eigenvalue weighted by atomic mass is 16.6. The number of methoxy groups -OCH3 is 1. The van der Waals surface area contributed by atoms with Crippen LogP contribution in [0.4, 0.5) is 16.7 Å². The molecule has 4 aromatic heterocycles. The molecule has 0 unspecified atom stereocenters. The molecule has 23 nitrogen and oxygen atoms in total. The number of carbonyl (C=O) groups excluding carboxylic acids is 5. The van der Waals surface area contributed by atoms with Gasteiger partial charge in [0.25, 0.3) is 11.8 Å². The molecule has 0 atom stereocenters. The predicted octanol–water partition coefficient (Wildman–Crippen LogP) is 3.88. The van der Waals surface area contributed by atoms with Crippen molar-refractivity contribution in [1.29, 1.82) is 0 Å². The van der Waals surface area contributed by atoms with Crippen molar-refractivity contribution in [3.63, 3.8) is 0 Å². The van der Waals surface area contributed by atoms with Crippen LogP contribution in [0.5, 0.6) is 11.5 Å². The van der Waals surface area contributed by atoms with Crippen LogP contribution >= 0.6 is 0 Å². The first kappa shape index (κ1) is 49.2. The topological polar surface area (TPSA) is 267 Å². The van der Waals surface area contributed by atoms with E-state index in [2.05, 4.69) is 20.4 Å². The summed E-state index contributed by atoms with van der Waals surface area (Å²) in [6.07, 6.45) is 4.02. The van der Waals surface area contributed by atoms with Crippen LogP contribution in [-0.2, 0) is 35.7 Å². The first-order valence-electron chi connectivity index (χ1n) is 23.9. The summed E-state index contributed by atoms with van der Waals surface area (Å²) >= 11 is 0. The van der Waals surface area contributed by atoms with Gasteiger partial charge in [-0.1, -0.05) is 12.2 Å². The van der Waals surface area contributed by atoms with Crippen molar-refractivity contribution < 1.29 is 42.9 Å². The lowest BCUT2D eigenvalue weighted by atomic mass is 9.91. The highest BCUT2D eigenvalue weighted by molar-refractivity contribution is 6.07. The van der Waals surface area contributed by atoms with E-state index < -0.39 is 28.9 Å². The summed E-state index contributed by atoms with van der Waals surface area (Å²) in [5.74, 6) is -0.921. The van der Waals surface area contributed by atoms with E-state index in [1.807, 2.05) is 51.3 Å². The largest absolute Gasteiger partial charge is 0.494 e. The third kappa shape index (κ3) is 9.80. The fourth-order valence-corrected chi connectivity index (χ4v) is 9.57. The highest BCUT2D eigenvalue weighted by Crippen LogP contribution is 2.36. The Bertz CT molecular complexity index is 3150. The van der Waals surface area contributed by atoms with E-state index >= 15 is 0 Å². The molecule has 3 aliphatic rings. The van der Waals surface area contributed by atoms with E-state index in [4.69, 9.17) is 40.4 Å². The molecule has 6 aromatic rings. The number of carbonyl (C=O) groups is 5. The zero-order chi connectivity index (χ0) is 51.2. The second kappa shape index (κ2) is 19.4. The zero-order valence-corrected chi connectivity index (χ0v) is 41.6. The van der Waals surface area contributed by atoms with Gasteiger partial charge in [-0.25, -0.2) is 14.8 Å². The molecule has 380 valence electrons. The van der Waals surface area contributed by atoms with Crippen LogP contribution in [0.1, 0.15) is 87.2 Å². The minimum absolute atomic E-state index is 0.157. The van der Waals surface area contributed by atoms with Crippen molar-refractivity contribution in [1.82, 2.24) is 48.5 Å². The van der Waals surface area contributed by atoms with Crippen LogP contribution in [0, 0.1) is 13.8 Å². The van der Waals surface area contributed by atoms with Gasteiger partial charge in [0.1, 0.15) is 45.1 Å². The monoisotopic (exact) mass is 988 g/mol. The van der Waals surface area contributed by atoms with Crippen LogP contribution in [0.15, 0.2) is 48.6 Å². The summed E-state index contributed by atoms with van der Waals surface area (Å²) in [4.78, 5) is 81.2. The average Bonchev–Trinajstić information content (AvgIpc) is 4.10. The average molecular weight is 989 g/mol. The minimum Gasteiger partial charge on any atom is -0.494 e. The molecule has 0 bridgehead atoms. The van der Waals surface area contributed by atoms with Gasteiger partial charge >= 0.3 is 6.09 Å². The fourth-order valence-electron chi connectivity index (χ4n) is 9.57. The highest BCUT2D eigenvalue weighted by Gasteiger charge is 2.48. The molecule has 2 aromatic carbocycles. The summed E-state index contributed by atoms with van der Waals surface area (Å²) in [6, 6.07) is 9.67. The number of nitrogens with one attached hydrogen (secondary N) is 1. The summed E-state index contributed by atoms with van der Waals surface area (Å²) in [6.45, 7) is 16.1. The lowest BCUT2D eigenvalue weighted by Crippen LogP contribution is -2.70. The lowest BCUT2D eigenvalue weighted by Gasteiger charge is -2.53. The number of ether oxygens (including phenoxy) is 4. The molecule has 0 radical (unpaired) electrons. The molecule has 0 aliphatic carbocycles. The number of fused-ring (bicyclic) bond motifs is 3. The Kier molecular flexibility index (Phi) is 13.3. The Balaban J connectivity index is 1.00. The van der Waals surface area contributed by atoms with Gasteiger partial charge in [-0.05, 0) is 84.4 Å². The Morgan fingerprint density at radius 2 is 1.51 bits per heavy atom. The number of aromatic nitrogens is 8. The quantitative estimate of drug-likeness (QED) is 0.0918. The van der Waals surface area contributed by atoms with Crippen molar-refractivity contribution in [2.24, 2.45) is 11.5 Å². The van der Waals surface area contributed by atoms with Gasteiger partial charge in [-0.3, -0.25) is 43.7 Å². The molecule has 7 heterocycles. The number of anilines is 2. The van der Waals surface area contributed by atoms with E-state index in [1.54, 1.807) is 54.9 Å². The summed E-state index contributed by atoms with van der Waals surface area (Å²) in [5.41, 5.74) is 14.8. The van der Waals surface area contributed by atoms with Crippen molar-refractivity contribution in [3.8, 4) is 11.5 Å². The molecule has 3 aliphatic heterocycles. The molecular formula is C49H60N14O9. The number of hydrogen-bond donors (Lipinski definition) is 3. The smallest absolute Gasteiger partial charge is 0.410 e. The van der Waals surface area contributed by atoms with Gasteiger partial charge in [0.05, 0.1) is 55.8 Å². The number of rotatable bonds is 16. The molecule has 2 saturated heterocycles. The maximum atomic E-state index is 14.2. The van der Waals surface area contributed by atoms with Crippen LogP contribution < -0.4 is 31.2 Å². The number of benzene rings is 2. The van der Waals surface area contributed by atoms with Gasteiger partial charge in [0, 0.05) is 63.5 Å². The molecule has 23 heteroatoms. The first-order valence-corrected chi connectivity index (χ1v) is 23.9. The second-order valence-electron chi connectivity index (χ2n) is 19.3. The SMILES string of the molecule is CCn1nc(C)cc1C(=O)Nc1nc2cc(C(N)=O)cc(OC)c2n1C/C=C/Cn1c(N2CCn3nc(C)cc3C2=O)nc2cc(C(N)=O)cc(OCCCN3CC4(C3)CN(C(=O)OC(C)(C)C)CCO4)c21. The Hall–Kier alpha value is -7.79. The molecule has 0 saturated carbocycles. The van der Waals surface area contributed by atoms with Crippen LogP contribution in [0.3, 0.4) is 0 Å². The molecule has 72 heavy (non-hydrogen) atoms. The maximum Gasteiger partial charge on any atom is 0.410 e. The van der Waals surface area contributed by atoms with E-state index in [0.29, 0.717) is 121 Å². The Morgan fingerprint density at radius 1 is 0.847 bits per heavy atom. The Labute approximate surface area is 414 Å². The number of imidazole rings is 2. The second-order valence-corrected chi connectivity index (χ2v) is 19.3. The van der Waals surface area contributed by atoms with E-state index in [0.717, 1.165) is 0 Å². The zero-order valence-electron chi connectivity index (χ0n) is 41.6. The van der Waals surface area contributed by atoms with Crippen molar-refractivity contribution in [2.75, 3.05) is 69.8 Å². The number of primary amides is 2. The number of amides is 5. The van der Waals surface area contributed by atoms with E-state index in [9.17, 15) is 24.0 Å². The van der Waals surface area contributed by atoms with E-state index in [-0.39, 0.29) is 55.3 Å². The maximum absolute atomic E-state index is 14.2. The fraction of sp³-hybridized carbons (Fsp3) is 0.449. The van der Waals surface area contributed by atoms with Gasteiger partial charge < -0.3 is 44.4 Å². The number of allylic oxidation sites excluding steroid dienone is 2. The number of hydrogen-bond acceptors (Lipinski definition) is 14. The molecule has 2 fully saturated rings. The summed E-state index contributed by atoms with van der Waals surface area (Å²) in [5, 5.41) is 11.8. The van der Waals surface area contributed by atoms with Crippen LogP contribution in [-0.4, -0.2) is 149 Å². The van der Waals surface area contributed by atoms with Crippen molar-refractivity contribution >= 4 is 63.7 Å². The van der Waals surface area contributed by atoms with Gasteiger partial charge in [0.2, 0.25) is 23.7 Å². The summed E-state index contributed by atoms with van der Waals surface area (Å²) < 4.78 is 31.0. The molecule has 9 rings (SSSR count). The normalized spacial score (nSPS) is 15.9. The predicted molar refractivity (Wildman–Crippen MR) is 264 cm³/mol. The van der Waals surface area contributed by atoms with E-state index in [1.165, 1.54) is 19.2 Å². The number of nitrogens with zero attached hydrogens (tertiary/aromatic N) is 11. The molecular weight excluding hydrogens is 929 g/mol. The molecule has 1 spiro atoms. The van der Waals surface area contributed by atoms with Gasteiger partial charge in [-0.2, -0.15) is 10.2 Å². The Morgan fingerprint density at radius 3 is 2.19 bits per heavy atom. The van der Waals surface area contributed by atoms with Crippen molar-refractivity contribution in [2.45, 2.75) is 85.3 Å². The number of morpholine rings is 1. The molecule has 5 N–H and O–H groups in total. The lowest BCUT2D eigenvalue weighted by molar-refractivity contribution is -0.180. The third-order valence-corrected chi connectivity index (χ3v) is 12.7. The van der Waals surface area contributed by atoms with Crippen molar-refractivity contribution in [3.05, 3.63) is 82.5 Å². The number of aryl methyl sites for hydroxylation is 3. The first-order chi connectivity index (χ1) is 34.3. The third-order valence-electron chi connectivity index (χ3n) is 12.7. The van der Waals surface area contributed by atoms with Gasteiger partial charge in [-0.15, -0.1) is 0 Å². The van der Waals surface area contributed by atoms with Crippen LogP contribution in [0.2, 0.25) is 0 Å². The minimum atomic E-state index is -0.674. The van der Waals surface area contributed by atoms with Crippen LogP contribution in [0.25, 0.3) is 22.1 Å². The summed E-state index contributed by atoms with van der Waals surface area (Å²) in [7, 11) is 1.47. The standard InChI is InChI=1S/C49H60N14O9/c1-8-62-35(20-29(2)55-62)43(66)54-45-52-33-22-31(41(50)64)24-37(69-7)39(33)59(45)13-9-10-14-60-40-34(53-46(60)61-15-16-63-36(44(61)67)21-30(3)56-63)23-32(42(51)65)25-38(40)70-18-11-12-57-26-49(27-57)28-58(17-19-71-49)47(68)72-48(4,5)6/h9-10,20-25H,8,11-19,26-28H2,1-7H3,(H2,50,64)(H2,51,65)(H,52,54,66)/b10-9+. The molecule has 5 amide bonds. The van der Waals surface area contributed by atoms with Gasteiger partial charge in [0.15, 0.2) is 0 Å². The number of nitrogens with two attached hydrogens (primary N) is 2. The number of likely N-dealkylation sites (tertiary alicyclic amines) is 1.